The van der Waals surface area contributed by atoms with Crippen LogP contribution in [0.1, 0.15) is 36.7 Å². The molecule has 0 aliphatic rings. The Labute approximate surface area is 146 Å². The molecule has 0 radical (unpaired) electrons. The van der Waals surface area contributed by atoms with E-state index in [-0.39, 0.29) is 22.5 Å². The standard InChI is InChI=1S/C19H21ClFNO2/c1-19(2,3)13-4-7-15(8-5-13)24-11-10-22-18(23)16-9-6-14(20)12-17(16)21/h4-9,12H,10-11H2,1-3H3,(H,22,23). The molecule has 5 heteroatoms. The minimum atomic E-state index is -0.640. The molecular weight excluding hydrogens is 329 g/mol. The van der Waals surface area contributed by atoms with Crippen LogP contribution in [-0.2, 0) is 5.41 Å². The molecule has 2 aromatic carbocycles. The Balaban J connectivity index is 1.81. The molecular formula is C19H21ClFNO2. The van der Waals surface area contributed by atoms with Gasteiger partial charge in [0.15, 0.2) is 0 Å². The summed E-state index contributed by atoms with van der Waals surface area (Å²) >= 11 is 5.66. The molecule has 0 heterocycles. The van der Waals surface area contributed by atoms with Gasteiger partial charge in [-0.2, -0.15) is 0 Å². The van der Waals surface area contributed by atoms with Crippen molar-refractivity contribution >= 4 is 17.5 Å². The van der Waals surface area contributed by atoms with Crippen molar-refractivity contribution in [3.05, 3.63) is 64.4 Å². The monoisotopic (exact) mass is 349 g/mol. The number of rotatable bonds is 5. The number of halogens is 2. The topological polar surface area (TPSA) is 38.3 Å². The van der Waals surface area contributed by atoms with Gasteiger partial charge in [-0.3, -0.25) is 4.79 Å². The Morgan fingerprint density at radius 1 is 1.17 bits per heavy atom. The highest BCUT2D eigenvalue weighted by Gasteiger charge is 2.13. The third-order valence-electron chi connectivity index (χ3n) is 3.55. The van der Waals surface area contributed by atoms with Crippen LogP contribution in [-0.4, -0.2) is 19.1 Å². The number of hydrogen-bond acceptors (Lipinski definition) is 2. The first-order chi connectivity index (χ1) is 11.3. The van der Waals surface area contributed by atoms with E-state index >= 15 is 0 Å². The SMILES string of the molecule is CC(C)(C)c1ccc(OCCNC(=O)c2ccc(Cl)cc2F)cc1. The number of amides is 1. The number of ether oxygens (including phenoxy) is 1. The molecule has 3 nitrogen and oxygen atoms in total. The van der Waals surface area contributed by atoms with E-state index in [4.69, 9.17) is 16.3 Å². The fourth-order valence-corrected chi connectivity index (χ4v) is 2.31. The van der Waals surface area contributed by atoms with Crippen molar-refractivity contribution in [3.8, 4) is 5.75 Å². The predicted molar refractivity (Wildman–Crippen MR) is 94.4 cm³/mol. The minimum Gasteiger partial charge on any atom is -0.492 e. The van der Waals surface area contributed by atoms with E-state index in [1.54, 1.807) is 0 Å². The zero-order valence-corrected chi connectivity index (χ0v) is 14.8. The van der Waals surface area contributed by atoms with Gasteiger partial charge in [-0.25, -0.2) is 4.39 Å². The van der Waals surface area contributed by atoms with Crippen LogP contribution in [0.3, 0.4) is 0 Å². The minimum absolute atomic E-state index is 0.0334. The molecule has 2 aromatic rings. The van der Waals surface area contributed by atoms with Gasteiger partial charge in [-0.05, 0) is 41.3 Å². The Bertz CT molecular complexity index is 708. The second kappa shape index (κ2) is 7.67. The first-order valence-corrected chi connectivity index (χ1v) is 8.12. The van der Waals surface area contributed by atoms with Crippen molar-refractivity contribution < 1.29 is 13.9 Å². The Morgan fingerprint density at radius 3 is 2.42 bits per heavy atom. The van der Waals surface area contributed by atoms with Gasteiger partial charge in [0.1, 0.15) is 18.2 Å². The largest absolute Gasteiger partial charge is 0.492 e. The third-order valence-corrected chi connectivity index (χ3v) is 3.79. The van der Waals surface area contributed by atoms with Crippen LogP contribution >= 0.6 is 11.6 Å². The van der Waals surface area contributed by atoms with Crippen LogP contribution in [0.2, 0.25) is 5.02 Å². The van der Waals surface area contributed by atoms with Crippen LogP contribution in [0.15, 0.2) is 42.5 Å². The molecule has 1 amide bonds. The van der Waals surface area contributed by atoms with Crippen molar-refractivity contribution in [1.29, 1.82) is 0 Å². The van der Waals surface area contributed by atoms with Crippen molar-refractivity contribution in [2.24, 2.45) is 0 Å². The fourth-order valence-electron chi connectivity index (χ4n) is 2.15. The zero-order chi connectivity index (χ0) is 17.7. The molecule has 0 bridgehead atoms. The maximum Gasteiger partial charge on any atom is 0.254 e. The molecule has 128 valence electrons. The average molecular weight is 350 g/mol. The molecule has 0 saturated carbocycles. The molecule has 0 aromatic heterocycles. The van der Waals surface area contributed by atoms with Crippen LogP contribution < -0.4 is 10.1 Å². The molecule has 0 saturated heterocycles. The molecule has 0 unspecified atom stereocenters. The smallest absolute Gasteiger partial charge is 0.254 e. The van der Waals surface area contributed by atoms with Crippen LogP contribution in [0, 0.1) is 5.82 Å². The molecule has 24 heavy (non-hydrogen) atoms. The van der Waals surface area contributed by atoms with Crippen molar-refractivity contribution in [2.45, 2.75) is 26.2 Å². The van der Waals surface area contributed by atoms with Crippen LogP contribution in [0.5, 0.6) is 5.75 Å². The van der Waals surface area contributed by atoms with Crippen molar-refractivity contribution in [3.63, 3.8) is 0 Å². The summed E-state index contributed by atoms with van der Waals surface area (Å²) in [4.78, 5) is 11.9. The lowest BCUT2D eigenvalue weighted by molar-refractivity contribution is 0.0943. The quantitative estimate of drug-likeness (QED) is 0.802. The molecule has 0 aliphatic heterocycles. The second-order valence-corrected chi connectivity index (χ2v) is 6.94. The van der Waals surface area contributed by atoms with Crippen molar-refractivity contribution in [2.75, 3.05) is 13.2 Å². The van der Waals surface area contributed by atoms with Gasteiger partial charge in [0.25, 0.3) is 5.91 Å². The summed E-state index contributed by atoms with van der Waals surface area (Å²) in [5.74, 6) is -0.399. The van der Waals surface area contributed by atoms with Gasteiger partial charge in [0, 0.05) is 5.02 Å². The van der Waals surface area contributed by atoms with Crippen molar-refractivity contribution in [1.82, 2.24) is 5.32 Å². The van der Waals surface area contributed by atoms with Gasteiger partial charge in [-0.15, -0.1) is 0 Å². The average Bonchev–Trinajstić information content (AvgIpc) is 2.51. The van der Waals surface area contributed by atoms with E-state index < -0.39 is 11.7 Å². The van der Waals surface area contributed by atoms with Gasteiger partial charge in [0.05, 0.1) is 12.1 Å². The highest BCUT2D eigenvalue weighted by molar-refractivity contribution is 6.30. The number of carbonyl (C=O) groups is 1. The summed E-state index contributed by atoms with van der Waals surface area (Å²) in [6, 6.07) is 11.8. The summed E-state index contributed by atoms with van der Waals surface area (Å²) in [5.41, 5.74) is 1.28. The summed E-state index contributed by atoms with van der Waals surface area (Å²) in [6.45, 7) is 7.02. The summed E-state index contributed by atoms with van der Waals surface area (Å²) in [5, 5.41) is 2.87. The Morgan fingerprint density at radius 2 is 1.83 bits per heavy atom. The van der Waals surface area contributed by atoms with Gasteiger partial charge < -0.3 is 10.1 Å². The first kappa shape index (κ1) is 18.3. The van der Waals surface area contributed by atoms with Gasteiger partial charge >= 0.3 is 0 Å². The highest BCUT2D eigenvalue weighted by atomic mass is 35.5. The summed E-state index contributed by atoms with van der Waals surface area (Å²) in [7, 11) is 0. The molecule has 1 N–H and O–H groups in total. The van der Waals surface area contributed by atoms with E-state index in [1.165, 1.54) is 17.7 Å². The number of benzene rings is 2. The highest BCUT2D eigenvalue weighted by Crippen LogP contribution is 2.24. The molecule has 0 fully saturated rings. The first-order valence-electron chi connectivity index (χ1n) is 7.74. The van der Waals surface area contributed by atoms with E-state index in [0.29, 0.717) is 6.61 Å². The Hall–Kier alpha value is -2.07. The number of hydrogen-bond donors (Lipinski definition) is 1. The molecule has 0 spiro atoms. The molecule has 0 atom stereocenters. The van der Waals surface area contributed by atoms with E-state index in [1.807, 2.05) is 24.3 Å². The number of carbonyl (C=O) groups excluding carboxylic acids is 1. The van der Waals surface area contributed by atoms with Crippen LogP contribution in [0.25, 0.3) is 0 Å². The molecule has 2 rings (SSSR count). The fraction of sp³-hybridized carbons (Fsp3) is 0.316. The number of nitrogens with one attached hydrogen (secondary N) is 1. The van der Waals surface area contributed by atoms with E-state index in [0.717, 1.165) is 11.8 Å². The molecule has 0 aliphatic carbocycles. The Kier molecular flexibility index (Phi) is 5.84. The van der Waals surface area contributed by atoms with Crippen LogP contribution in [0.4, 0.5) is 4.39 Å². The maximum atomic E-state index is 13.6. The lowest BCUT2D eigenvalue weighted by atomic mass is 9.87. The van der Waals surface area contributed by atoms with E-state index in [2.05, 4.69) is 26.1 Å². The normalized spacial score (nSPS) is 11.2. The second-order valence-electron chi connectivity index (χ2n) is 6.50. The summed E-state index contributed by atoms with van der Waals surface area (Å²) in [6.07, 6.45) is 0. The third kappa shape index (κ3) is 4.96. The van der Waals surface area contributed by atoms with Gasteiger partial charge in [-0.1, -0.05) is 44.5 Å². The zero-order valence-electron chi connectivity index (χ0n) is 14.0. The maximum absolute atomic E-state index is 13.6. The summed E-state index contributed by atoms with van der Waals surface area (Å²) < 4.78 is 19.2. The lowest BCUT2D eigenvalue weighted by Crippen LogP contribution is -2.28. The van der Waals surface area contributed by atoms with E-state index in [9.17, 15) is 9.18 Å². The lowest BCUT2D eigenvalue weighted by Gasteiger charge is -2.19. The predicted octanol–water partition coefficient (Wildman–Crippen LogP) is 4.59. The van der Waals surface area contributed by atoms with Gasteiger partial charge in [0.2, 0.25) is 0 Å².